The maximum Gasteiger partial charge on any atom is 0.306 e. The molecule has 0 bridgehead atoms. The van der Waals surface area contributed by atoms with Gasteiger partial charge in [-0.15, -0.1) is 0 Å². The summed E-state index contributed by atoms with van der Waals surface area (Å²) in [7, 11) is 3.27. The van der Waals surface area contributed by atoms with Crippen LogP contribution >= 0.6 is 0 Å². The highest BCUT2D eigenvalue weighted by Crippen LogP contribution is 2.43. The van der Waals surface area contributed by atoms with Gasteiger partial charge in [0.25, 0.3) is 0 Å². The van der Waals surface area contributed by atoms with Crippen molar-refractivity contribution in [3.05, 3.63) is 23.3 Å². The maximum absolute atomic E-state index is 10.8. The number of aliphatic carboxylic acids is 1. The van der Waals surface area contributed by atoms with E-state index in [2.05, 4.69) is 0 Å². The second-order valence-corrected chi connectivity index (χ2v) is 4.78. The lowest BCUT2D eigenvalue weighted by Crippen LogP contribution is -2.03. The zero-order chi connectivity index (χ0) is 13.3. The van der Waals surface area contributed by atoms with Crippen LogP contribution in [0, 0.1) is 18.8 Å². The van der Waals surface area contributed by atoms with Gasteiger partial charge < -0.3 is 14.6 Å². The van der Waals surface area contributed by atoms with Crippen LogP contribution in [0.3, 0.4) is 0 Å². The summed E-state index contributed by atoms with van der Waals surface area (Å²) in [4.78, 5) is 10.8. The lowest BCUT2D eigenvalue weighted by atomic mass is 10.0. The Hall–Kier alpha value is -1.71. The van der Waals surface area contributed by atoms with Gasteiger partial charge in [-0.2, -0.15) is 0 Å². The van der Waals surface area contributed by atoms with E-state index in [0.717, 1.165) is 35.5 Å². The van der Waals surface area contributed by atoms with Crippen molar-refractivity contribution in [2.75, 3.05) is 14.2 Å². The van der Waals surface area contributed by atoms with Crippen molar-refractivity contribution in [2.45, 2.75) is 19.8 Å². The fourth-order valence-corrected chi connectivity index (χ4v) is 2.33. The molecule has 1 N–H and O–H groups in total. The standard InChI is InChI=1S/C14H18O4/c1-8-4-13(18-3)10(7-12(8)17-2)5-9-6-11(9)14(15)16/h4,7,9,11H,5-6H2,1-3H3,(H,15,16). The largest absolute Gasteiger partial charge is 0.496 e. The molecular weight excluding hydrogens is 232 g/mol. The Balaban J connectivity index is 2.19. The predicted molar refractivity (Wildman–Crippen MR) is 67.2 cm³/mol. The van der Waals surface area contributed by atoms with Crippen molar-refractivity contribution in [1.82, 2.24) is 0 Å². The summed E-state index contributed by atoms with van der Waals surface area (Å²) in [6, 6.07) is 3.89. The normalized spacial score (nSPS) is 21.5. The third-order valence-corrected chi connectivity index (χ3v) is 3.52. The molecule has 1 aromatic rings. The summed E-state index contributed by atoms with van der Waals surface area (Å²) in [5, 5.41) is 8.92. The lowest BCUT2D eigenvalue weighted by Gasteiger charge is -2.12. The van der Waals surface area contributed by atoms with E-state index in [-0.39, 0.29) is 11.8 Å². The molecule has 1 aromatic carbocycles. The number of ether oxygens (including phenoxy) is 2. The molecule has 2 unspecified atom stereocenters. The van der Waals surface area contributed by atoms with Gasteiger partial charge in [0.1, 0.15) is 11.5 Å². The van der Waals surface area contributed by atoms with Crippen LogP contribution in [-0.2, 0) is 11.2 Å². The molecule has 0 saturated heterocycles. The molecule has 0 radical (unpaired) electrons. The minimum Gasteiger partial charge on any atom is -0.496 e. The van der Waals surface area contributed by atoms with Crippen LogP contribution in [0.2, 0.25) is 0 Å². The molecule has 1 fully saturated rings. The Morgan fingerprint density at radius 3 is 2.50 bits per heavy atom. The topological polar surface area (TPSA) is 55.8 Å². The molecule has 0 heterocycles. The highest BCUT2D eigenvalue weighted by Gasteiger charge is 2.43. The van der Waals surface area contributed by atoms with Crippen molar-refractivity contribution in [2.24, 2.45) is 11.8 Å². The van der Waals surface area contributed by atoms with Crippen LogP contribution < -0.4 is 9.47 Å². The highest BCUT2D eigenvalue weighted by atomic mass is 16.5. The maximum atomic E-state index is 10.8. The van der Waals surface area contributed by atoms with Gasteiger partial charge in [0.05, 0.1) is 20.1 Å². The minimum atomic E-state index is -0.696. The third-order valence-electron chi connectivity index (χ3n) is 3.52. The van der Waals surface area contributed by atoms with Crippen LogP contribution in [0.15, 0.2) is 12.1 Å². The fraction of sp³-hybridized carbons (Fsp3) is 0.500. The van der Waals surface area contributed by atoms with Gasteiger partial charge >= 0.3 is 5.97 Å². The van der Waals surface area contributed by atoms with Crippen LogP contribution in [0.1, 0.15) is 17.5 Å². The summed E-state index contributed by atoms with van der Waals surface area (Å²) in [6.07, 6.45) is 1.49. The number of hydrogen-bond donors (Lipinski definition) is 1. The molecule has 1 aliphatic carbocycles. The summed E-state index contributed by atoms with van der Waals surface area (Å²) >= 11 is 0. The number of hydrogen-bond acceptors (Lipinski definition) is 3. The fourth-order valence-electron chi connectivity index (χ4n) is 2.33. The van der Waals surface area contributed by atoms with Gasteiger partial charge in [0.15, 0.2) is 0 Å². The molecule has 4 heteroatoms. The predicted octanol–water partition coefficient (Wildman–Crippen LogP) is 2.28. The monoisotopic (exact) mass is 250 g/mol. The van der Waals surface area contributed by atoms with Gasteiger partial charge in [0.2, 0.25) is 0 Å². The quantitative estimate of drug-likeness (QED) is 0.871. The minimum absolute atomic E-state index is 0.193. The molecule has 0 spiro atoms. The molecule has 2 atom stereocenters. The van der Waals surface area contributed by atoms with E-state index in [1.54, 1.807) is 14.2 Å². The van der Waals surface area contributed by atoms with Crippen LogP contribution in [0.25, 0.3) is 0 Å². The van der Waals surface area contributed by atoms with Crippen LogP contribution in [-0.4, -0.2) is 25.3 Å². The molecule has 2 rings (SSSR count). The molecule has 0 aromatic heterocycles. The summed E-state index contributed by atoms with van der Waals surface area (Å²) in [5.74, 6) is 0.964. The SMILES string of the molecule is COc1cc(CC2CC2C(=O)O)c(OC)cc1C. The van der Waals surface area contributed by atoms with E-state index in [4.69, 9.17) is 14.6 Å². The van der Waals surface area contributed by atoms with Gasteiger partial charge in [0, 0.05) is 0 Å². The van der Waals surface area contributed by atoms with Crippen LogP contribution in [0.5, 0.6) is 11.5 Å². The average molecular weight is 250 g/mol. The second kappa shape index (κ2) is 4.88. The second-order valence-electron chi connectivity index (χ2n) is 4.78. The van der Waals surface area contributed by atoms with Crippen molar-refractivity contribution in [1.29, 1.82) is 0 Å². The molecule has 0 aliphatic heterocycles. The Morgan fingerprint density at radius 2 is 2.00 bits per heavy atom. The third kappa shape index (κ3) is 2.42. The average Bonchev–Trinajstić information content (AvgIpc) is 3.10. The van der Waals surface area contributed by atoms with Gasteiger partial charge in [-0.25, -0.2) is 0 Å². The first-order valence-corrected chi connectivity index (χ1v) is 6.01. The van der Waals surface area contributed by atoms with Crippen molar-refractivity contribution in [3.8, 4) is 11.5 Å². The molecule has 98 valence electrons. The molecular formula is C14H18O4. The van der Waals surface area contributed by atoms with Crippen LogP contribution in [0.4, 0.5) is 0 Å². The first-order valence-electron chi connectivity index (χ1n) is 6.01. The van der Waals surface area contributed by atoms with E-state index in [1.165, 1.54) is 0 Å². The first-order chi connectivity index (χ1) is 8.56. The summed E-state index contributed by atoms with van der Waals surface area (Å²) < 4.78 is 10.6. The van der Waals surface area contributed by atoms with Crippen molar-refractivity contribution >= 4 is 5.97 Å². The summed E-state index contributed by atoms with van der Waals surface area (Å²) in [5.41, 5.74) is 2.04. The molecule has 1 saturated carbocycles. The molecule has 0 amide bonds. The Bertz CT molecular complexity index is 467. The molecule has 1 aliphatic rings. The Kier molecular flexibility index (Phi) is 3.45. The number of carboxylic acid groups (broad SMARTS) is 1. The van der Waals surface area contributed by atoms with Crippen molar-refractivity contribution in [3.63, 3.8) is 0 Å². The van der Waals surface area contributed by atoms with E-state index >= 15 is 0 Å². The van der Waals surface area contributed by atoms with E-state index in [1.807, 2.05) is 19.1 Å². The van der Waals surface area contributed by atoms with Gasteiger partial charge in [-0.1, -0.05) is 0 Å². The number of carboxylic acids is 1. The van der Waals surface area contributed by atoms with Crippen molar-refractivity contribution < 1.29 is 19.4 Å². The Morgan fingerprint density at radius 1 is 1.33 bits per heavy atom. The zero-order valence-corrected chi connectivity index (χ0v) is 10.9. The van der Waals surface area contributed by atoms with E-state index in [9.17, 15) is 4.79 Å². The van der Waals surface area contributed by atoms with E-state index < -0.39 is 5.97 Å². The number of carbonyl (C=O) groups is 1. The number of benzene rings is 1. The van der Waals surface area contributed by atoms with Gasteiger partial charge in [-0.05, 0) is 48.9 Å². The zero-order valence-electron chi connectivity index (χ0n) is 10.9. The lowest BCUT2D eigenvalue weighted by molar-refractivity contribution is -0.138. The number of methoxy groups -OCH3 is 2. The Labute approximate surface area is 107 Å². The number of aryl methyl sites for hydroxylation is 1. The van der Waals surface area contributed by atoms with Gasteiger partial charge in [-0.3, -0.25) is 4.79 Å². The molecule has 4 nitrogen and oxygen atoms in total. The summed E-state index contributed by atoms with van der Waals surface area (Å²) in [6.45, 7) is 1.96. The molecule has 18 heavy (non-hydrogen) atoms. The number of rotatable bonds is 5. The smallest absolute Gasteiger partial charge is 0.306 e. The van der Waals surface area contributed by atoms with E-state index in [0.29, 0.717) is 0 Å². The first kappa shape index (κ1) is 12.7. The highest BCUT2D eigenvalue weighted by molar-refractivity contribution is 5.73.